The molecule has 0 saturated carbocycles. The molecule has 3 nitrogen and oxygen atoms in total. The number of hydrogen-bond acceptors (Lipinski definition) is 2. The fourth-order valence-electron chi connectivity index (χ4n) is 1.24. The van der Waals surface area contributed by atoms with Gasteiger partial charge in [-0.25, -0.2) is 0 Å². The van der Waals surface area contributed by atoms with Gasteiger partial charge in [-0.15, -0.1) is 24.8 Å². The van der Waals surface area contributed by atoms with Crippen molar-refractivity contribution >= 4 is 24.8 Å². The Kier molecular flexibility index (Phi) is 7.08. The molecule has 96 valence electrons. The number of nitrogens with two attached hydrogens (primary N) is 1. The van der Waals surface area contributed by atoms with Crippen molar-refractivity contribution in [1.29, 1.82) is 0 Å². The minimum atomic E-state index is -4.24. The molecule has 1 atom stereocenters. The first-order valence-electron chi connectivity index (χ1n) is 4.16. The molecule has 0 aliphatic carbocycles. The molecule has 1 rings (SSSR count). The molecule has 0 aliphatic heterocycles. The molecule has 1 aromatic rings. The van der Waals surface area contributed by atoms with E-state index in [0.29, 0.717) is 11.3 Å². The predicted molar refractivity (Wildman–Crippen MR) is 60.1 cm³/mol. The van der Waals surface area contributed by atoms with Crippen LogP contribution in [0.25, 0.3) is 0 Å². The van der Waals surface area contributed by atoms with Gasteiger partial charge in [0.2, 0.25) is 0 Å². The van der Waals surface area contributed by atoms with E-state index in [1.54, 1.807) is 13.8 Å². The van der Waals surface area contributed by atoms with Gasteiger partial charge in [0.1, 0.15) is 6.54 Å². The van der Waals surface area contributed by atoms with E-state index in [2.05, 4.69) is 5.10 Å². The second-order valence-corrected chi connectivity index (χ2v) is 3.25. The zero-order valence-corrected chi connectivity index (χ0v) is 10.4. The van der Waals surface area contributed by atoms with Gasteiger partial charge in [0.05, 0.1) is 6.20 Å². The molecule has 0 aliphatic rings. The summed E-state index contributed by atoms with van der Waals surface area (Å²) in [7, 11) is 0. The van der Waals surface area contributed by atoms with E-state index in [0.717, 1.165) is 4.68 Å². The number of alkyl halides is 3. The lowest BCUT2D eigenvalue weighted by molar-refractivity contribution is -0.142. The number of halogens is 5. The van der Waals surface area contributed by atoms with Crippen LogP contribution < -0.4 is 5.73 Å². The van der Waals surface area contributed by atoms with Crippen LogP contribution in [-0.4, -0.2) is 16.0 Å². The summed E-state index contributed by atoms with van der Waals surface area (Å²) in [6.45, 7) is 2.23. The van der Waals surface area contributed by atoms with Gasteiger partial charge in [0, 0.05) is 17.3 Å². The highest BCUT2D eigenvalue weighted by Gasteiger charge is 2.29. The molecule has 0 unspecified atom stereocenters. The minimum Gasteiger partial charge on any atom is -0.324 e. The van der Waals surface area contributed by atoms with Crippen LogP contribution in [0.1, 0.15) is 24.2 Å². The van der Waals surface area contributed by atoms with Gasteiger partial charge >= 0.3 is 6.18 Å². The van der Waals surface area contributed by atoms with Gasteiger partial charge in [-0.1, -0.05) is 0 Å². The highest BCUT2D eigenvalue weighted by Crippen LogP contribution is 2.20. The van der Waals surface area contributed by atoms with E-state index in [1.165, 1.54) is 6.20 Å². The molecule has 0 radical (unpaired) electrons. The summed E-state index contributed by atoms with van der Waals surface area (Å²) in [5.74, 6) is 0. The first kappa shape index (κ1) is 17.9. The van der Waals surface area contributed by atoms with Crippen molar-refractivity contribution in [2.24, 2.45) is 5.73 Å². The third-order valence-corrected chi connectivity index (χ3v) is 1.96. The Labute approximate surface area is 104 Å². The van der Waals surface area contributed by atoms with Crippen LogP contribution in [0, 0.1) is 6.92 Å². The summed E-state index contributed by atoms with van der Waals surface area (Å²) in [5, 5.41) is 3.64. The van der Waals surface area contributed by atoms with Crippen LogP contribution in [0.3, 0.4) is 0 Å². The minimum absolute atomic E-state index is 0. The summed E-state index contributed by atoms with van der Waals surface area (Å²) in [4.78, 5) is 0. The molecule has 0 spiro atoms. The van der Waals surface area contributed by atoms with E-state index < -0.39 is 12.7 Å². The third kappa shape index (κ3) is 4.59. The highest BCUT2D eigenvalue weighted by atomic mass is 35.5. The third-order valence-electron chi connectivity index (χ3n) is 1.96. The molecule has 16 heavy (non-hydrogen) atoms. The van der Waals surface area contributed by atoms with Crippen LogP contribution in [0.2, 0.25) is 0 Å². The maximum atomic E-state index is 12.0. The van der Waals surface area contributed by atoms with E-state index >= 15 is 0 Å². The zero-order valence-electron chi connectivity index (χ0n) is 8.78. The SMILES string of the molecule is Cc1c([C@@H](C)N)cnn1CC(F)(F)F.Cl.Cl. The topological polar surface area (TPSA) is 43.8 Å². The maximum absolute atomic E-state index is 12.0. The molecular weight excluding hydrogens is 266 g/mol. The van der Waals surface area contributed by atoms with Crippen molar-refractivity contribution < 1.29 is 13.2 Å². The number of nitrogens with zero attached hydrogens (tertiary/aromatic N) is 2. The quantitative estimate of drug-likeness (QED) is 0.905. The average Bonchev–Trinajstić information content (AvgIpc) is 2.29. The van der Waals surface area contributed by atoms with Crippen LogP contribution >= 0.6 is 24.8 Å². The number of aromatic nitrogens is 2. The molecule has 1 aromatic heterocycles. The Bertz CT molecular complexity index is 323. The van der Waals surface area contributed by atoms with E-state index in [4.69, 9.17) is 5.73 Å². The second-order valence-electron chi connectivity index (χ2n) is 3.25. The molecule has 0 bridgehead atoms. The summed E-state index contributed by atoms with van der Waals surface area (Å²) in [5.41, 5.74) is 6.67. The van der Waals surface area contributed by atoms with Crippen molar-refractivity contribution in [3.8, 4) is 0 Å². The first-order valence-corrected chi connectivity index (χ1v) is 4.16. The van der Waals surface area contributed by atoms with Crippen molar-refractivity contribution in [2.75, 3.05) is 0 Å². The predicted octanol–water partition coefficient (Wildman–Crippen LogP) is 2.62. The van der Waals surface area contributed by atoms with Crippen molar-refractivity contribution in [1.82, 2.24) is 9.78 Å². The van der Waals surface area contributed by atoms with Gasteiger partial charge in [0.25, 0.3) is 0 Å². The average molecular weight is 280 g/mol. The Morgan fingerprint density at radius 2 is 1.94 bits per heavy atom. The van der Waals surface area contributed by atoms with Crippen LogP contribution in [-0.2, 0) is 6.54 Å². The second kappa shape index (κ2) is 6.32. The molecule has 2 N–H and O–H groups in total. The Morgan fingerprint density at radius 3 is 2.25 bits per heavy atom. The lowest BCUT2D eigenvalue weighted by Gasteiger charge is -2.09. The fourth-order valence-corrected chi connectivity index (χ4v) is 1.24. The Morgan fingerprint density at radius 1 is 1.44 bits per heavy atom. The van der Waals surface area contributed by atoms with Gasteiger partial charge in [-0.3, -0.25) is 4.68 Å². The lowest BCUT2D eigenvalue weighted by Crippen LogP contribution is -2.20. The van der Waals surface area contributed by atoms with Crippen LogP contribution in [0.15, 0.2) is 6.20 Å². The standard InChI is InChI=1S/C8H12F3N3.2ClH/c1-5(12)7-3-13-14(6(7)2)4-8(9,10)11;;/h3,5H,4,12H2,1-2H3;2*1H/t5-;;/m1../s1. The molecule has 8 heteroatoms. The smallest absolute Gasteiger partial charge is 0.324 e. The van der Waals surface area contributed by atoms with Gasteiger partial charge in [0.15, 0.2) is 0 Å². The van der Waals surface area contributed by atoms with Crippen LogP contribution in [0.4, 0.5) is 13.2 Å². The molecule has 0 amide bonds. The zero-order chi connectivity index (χ0) is 10.9. The van der Waals surface area contributed by atoms with E-state index in [-0.39, 0.29) is 30.9 Å². The van der Waals surface area contributed by atoms with Crippen molar-refractivity contribution in [3.63, 3.8) is 0 Å². The monoisotopic (exact) mass is 279 g/mol. The van der Waals surface area contributed by atoms with Crippen LogP contribution in [0.5, 0.6) is 0 Å². The molecular formula is C8H14Cl2F3N3. The van der Waals surface area contributed by atoms with Gasteiger partial charge in [-0.05, 0) is 13.8 Å². The number of hydrogen-bond donors (Lipinski definition) is 1. The Hall–Kier alpha value is -0.460. The van der Waals surface area contributed by atoms with Gasteiger partial charge < -0.3 is 5.73 Å². The fraction of sp³-hybridized carbons (Fsp3) is 0.625. The van der Waals surface area contributed by atoms with Gasteiger partial charge in [-0.2, -0.15) is 18.3 Å². The summed E-state index contributed by atoms with van der Waals surface area (Å²) >= 11 is 0. The highest BCUT2D eigenvalue weighted by molar-refractivity contribution is 5.85. The maximum Gasteiger partial charge on any atom is 0.408 e. The normalized spacial score (nSPS) is 12.6. The molecule has 0 saturated heterocycles. The number of rotatable bonds is 2. The summed E-state index contributed by atoms with van der Waals surface area (Å²) < 4.78 is 37.0. The summed E-state index contributed by atoms with van der Waals surface area (Å²) in [6, 6.07) is -0.294. The molecule has 0 fully saturated rings. The van der Waals surface area contributed by atoms with E-state index in [9.17, 15) is 13.2 Å². The van der Waals surface area contributed by atoms with E-state index in [1.807, 2.05) is 0 Å². The van der Waals surface area contributed by atoms with Crippen molar-refractivity contribution in [2.45, 2.75) is 32.6 Å². The Balaban J connectivity index is 0. The van der Waals surface area contributed by atoms with Crippen molar-refractivity contribution in [3.05, 3.63) is 17.5 Å². The first-order chi connectivity index (χ1) is 6.31. The largest absolute Gasteiger partial charge is 0.408 e. The molecule has 0 aromatic carbocycles. The molecule has 1 heterocycles. The summed E-state index contributed by atoms with van der Waals surface area (Å²) in [6.07, 6.45) is -2.86. The lowest BCUT2D eigenvalue weighted by atomic mass is 10.1.